The van der Waals surface area contributed by atoms with E-state index in [2.05, 4.69) is 16.1 Å². The molecule has 5 aromatic heterocycles. The van der Waals surface area contributed by atoms with Gasteiger partial charge in [-0.2, -0.15) is 9.40 Å². The van der Waals surface area contributed by atoms with Gasteiger partial charge in [0.1, 0.15) is 11.3 Å². The SMILES string of the molecule is CC(C)n1c(=O)n(C)c2c(-c3cnn(CC(C)(C)O)c3)nc3[nH]cc(-c4cc5c(s4)CCN(S(C)(=O)=O)C5)c3c21. The van der Waals surface area contributed by atoms with Gasteiger partial charge in [-0.25, -0.2) is 18.2 Å². The summed E-state index contributed by atoms with van der Waals surface area (Å²) in [7, 11) is -1.51. The number of fused-ring (bicyclic) bond motifs is 4. The quantitative estimate of drug-likeness (QED) is 0.315. The van der Waals surface area contributed by atoms with Gasteiger partial charge < -0.3 is 10.1 Å². The minimum atomic E-state index is -3.27. The third-order valence-corrected chi connectivity index (χ3v) is 9.90. The van der Waals surface area contributed by atoms with Gasteiger partial charge in [-0.15, -0.1) is 11.3 Å². The van der Waals surface area contributed by atoms with Crippen LogP contribution in [0.25, 0.3) is 43.8 Å². The molecular formula is C27H33N7O4S2. The summed E-state index contributed by atoms with van der Waals surface area (Å²) in [5.41, 5.74) is 4.40. The van der Waals surface area contributed by atoms with Gasteiger partial charge in [0.2, 0.25) is 10.0 Å². The van der Waals surface area contributed by atoms with Crippen molar-refractivity contribution in [3.05, 3.63) is 45.6 Å². The van der Waals surface area contributed by atoms with E-state index in [-0.39, 0.29) is 11.7 Å². The average molecular weight is 584 g/mol. The van der Waals surface area contributed by atoms with Gasteiger partial charge in [0.25, 0.3) is 0 Å². The van der Waals surface area contributed by atoms with Crippen molar-refractivity contribution in [3.8, 4) is 21.7 Å². The van der Waals surface area contributed by atoms with Crippen LogP contribution in [0.3, 0.4) is 0 Å². The lowest BCUT2D eigenvalue weighted by molar-refractivity contribution is 0.0577. The van der Waals surface area contributed by atoms with Crippen LogP contribution < -0.4 is 5.69 Å². The van der Waals surface area contributed by atoms with Gasteiger partial charge in [0, 0.05) is 59.5 Å². The number of aliphatic hydroxyl groups is 1. The fraction of sp³-hybridized carbons (Fsp3) is 0.444. The number of nitrogens with one attached hydrogen (secondary N) is 1. The highest BCUT2D eigenvalue weighted by Gasteiger charge is 2.28. The lowest BCUT2D eigenvalue weighted by Gasteiger charge is -2.24. The standard InChI is InChI=1S/C27H33N7O4S2/c1-15(2)34-23-21-18(20-9-16-13-33(40(6,37)38)8-7-19(16)39-20)11-28-25(21)30-22(24(23)31(5)26(34)35)17-10-29-32(12-17)14-27(3,4)36/h9-12,15,36H,7-8,13-14H2,1-6H3,(H,28,30). The van der Waals surface area contributed by atoms with E-state index >= 15 is 0 Å². The van der Waals surface area contributed by atoms with Crippen molar-refractivity contribution in [1.82, 2.24) is 33.2 Å². The maximum atomic E-state index is 13.6. The van der Waals surface area contributed by atoms with Gasteiger partial charge >= 0.3 is 5.69 Å². The fourth-order valence-corrected chi connectivity index (χ4v) is 7.59. The van der Waals surface area contributed by atoms with Gasteiger partial charge in [0.05, 0.1) is 41.0 Å². The molecular weight excluding hydrogens is 550 g/mol. The Morgan fingerprint density at radius 1 is 1.25 bits per heavy atom. The molecule has 0 atom stereocenters. The molecule has 212 valence electrons. The zero-order valence-corrected chi connectivity index (χ0v) is 25.0. The molecule has 0 fully saturated rings. The molecule has 13 heteroatoms. The van der Waals surface area contributed by atoms with Gasteiger partial charge in [0.15, 0.2) is 0 Å². The number of H-pyrrole nitrogens is 1. The van der Waals surface area contributed by atoms with Crippen molar-refractivity contribution >= 4 is 43.4 Å². The largest absolute Gasteiger partial charge is 0.389 e. The van der Waals surface area contributed by atoms with E-state index < -0.39 is 15.6 Å². The van der Waals surface area contributed by atoms with E-state index in [0.29, 0.717) is 42.9 Å². The number of aromatic nitrogens is 6. The van der Waals surface area contributed by atoms with Crippen LogP contribution in [-0.2, 0) is 36.6 Å². The second-order valence-corrected chi connectivity index (χ2v) is 14.7. The van der Waals surface area contributed by atoms with Crippen LogP contribution in [0.2, 0.25) is 0 Å². The lowest BCUT2D eigenvalue weighted by Crippen LogP contribution is -2.34. The molecule has 5 aromatic rings. The zero-order valence-electron chi connectivity index (χ0n) is 23.4. The number of aryl methyl sites for hydroxylation is 1. The predicted octanol–water partition coefficient (Wildman–Crippen LogP) is 3.48. The van der Waals surface area contributed by atoms with Crippen LogP contribution >= 0.6 is 11.3 Å². The summed E-state index contributed by atoms with van der Waals surface area (Å²) < 4.78 is 31.0. The van der Waals surface area contributed by atoms with Crippen molar-refractivity contribution in [2.75, 3.05) is 12.8 Å². The first-order chi connectivity index (χ1) is 18.7. The molecule has 1 aliphatic heterocycles. The average Bonchev–Trinajstić information content (AvgIpc) is 3.61. The Hall–Kier alpha value is -3.26. The van der Waals surface area contributed by atoms with Crippen molar-refractivity contribution in [3.63, 3.8) is 0 Å². The normalized spacial score (nSPS) is 15.1. The van der Waals surface area contributed by atoms with Gasteiger partial charge in [-0.3, -0.25) is 13.8 Å². The fourth-order valence-electron chi connectivity index (χ4n) is 5.61. The molecule has 0 aromatic carbocycles. The summed E-state index contributed by atoms with van der Waals surface area (Å²) in [6.07, 6.45) is 7.39. The highest BCUT2D eigenvalue weighted by Crippen LogP contribution is 2.42. The van der Waals surface area contributed by atoms with E-state index in [1.807, 2.05) is 26.2 Å². The molecule has 6 heterocycles. The third kappa shape index (κ3) is 4.41. The van der Waals surface area contributed by atoms with Crippen molar-refractivity contribution < 1.29 is 13.5 Å². The summed E-state index contributed by atoms with van der Waals surface area (Å²) in [4.78, 5) is 24.1. The molecule has 40 heavy (non-hydrogen) atoms. The van der Waals surface area contributed by atoms with Gasteiger partial charge in [-0.1, -0.05) is 0 Å². The monoisotopic (exact) mass is 583 g/mol. The third-order valence-electron chi connectivity index (χ3n) is 7.38. The first kappa shape index (κ1) is 26.9. The van der Waals surface area contributed by atoms with Crippen LogP contribution in [0.5, 0.6) is 0 Å². The Labute approximate surface area is 235 Å². The number of nitrogens with zero attached hydrogens (tertiary/aromatic N) is 6. The number of hydrogen-bond donors (Lipinski definition) is 2. The van der Waals surface area contributed by atoms with E-state index in [1.165, 1.54) is 15.4 Å². The van der Waals surface area contributed by atoms with E-state index in [9.17, 15) is 18.3 Å². The molecule has 11 nitrogen and oxygen atoms in total. The smallest absolute Gasteiger partial charge is 0.329 e. The number of hydrogen-bond acceptors (Lipinski definition) is 7. The Morgan fingerprint density at radius 2 is 2.00 bits per heavy atom. The van der Waals surface area contributed by atoms with E-state index in [4.69, 9.17) is 4.98 Å². The van der Waals surface area contributed by atoms with Crippen LogP contribution in [0.4, 0.5) is 0 Å². The summed E-state index contributed by atoms with van der Waals surface area (Å²) in [5.74, 6) is 0. The number of thiophene rings is 1. The molecule has 0 unspecified atom stereocenters. The zero-order chi connectivity index (χ0) is 28.7. The minimum absolute atomic E-state index is 0.102. The Balaban J connectivity index is 1.58. The second-order valence-electron chi connectivity index (χ2n) is 11.5. The molecule has 0 radical (unpaired) electrons. The molecule has 0 saturated heterocycles. The Kier molecular flexibility index (Phi) is 6.15. The molecule has 0 aliphatic carbocycles. The minimum Gasteiger partial charge on any atom is -0.389 e. The summed E-state index contributed by atoms with van der Waals surface area (Å²) in [5, 5.41) is 15.6. The van der Waals surface area contributed by atoms with Crippen LogP contribution in [0.1, 0.15) is 44.2 Å². The Morgan fingerprint density at radius 3 is 2.67 bits per heavy atom. The molecule has 6 rings (SSSR count). The number of sulfonamides is 1. The molecule has 0 bridgehead atoms. The maximum absolute atomic E-state index is 13.6. The summed E-state index contributed by atoms with van der Waals surface area (Å²) in [6, 6.07) is 1.97. The van der Waals surface area contributed by atoms with Crippen LogP contribution in [0, 0.1) is 0 Å². The van der Waals surface area contributed by atoms with Crippen molar-refractivity contribution in [1.29, 1.82) is 0 Å². The van der Waals surface area contributed by atoms with Crippen molar-refractivity contribution in [2.24, 2.45) is 7.05 Å². The highest BCUT2D eigenvalue weighted by molar-refractivity contribution is 7.88. The number of aromatic amines is 1. The van der Waals surface area contributed by atoms with E-state index in [1.54, 1.807) is 52.2 Å². The van der Waals surface area contributed by atoms with Crippen LogP contribution in [-0.4, -0.2) is 65.1 Å². The maximum Gasteiger partial charge on any atom is 0.329 e. The molecule has 1 aliphatic rings. The molecule has 0 spiro atoms. The molecule has 2 N–H and O–H groups in total. The van der Waals surface area contributed by atoms with Gasteiger partial charge in [-0.05, 0) is 45.7 Å². The predicted molar refractivity (Wildman–Crippen MR) is 157 cm³/mol. The first-order valence-corrected chi connectivity index (χ1v) is 15.8. The van der Waals surface area contributed by atoms with E-state index in [0.717, 1.165) is 32.5 Å². The topological polar surface area (TPSA) is 131 Å². The highest BCUT2D eigenvalue weighted by atomic mass is 32.2. The second kappa shape index (κ2) is 9.13. The Bertz CT molecular complexity index is 1950. The number of rotatable bonds is 6. The molecule has 0 amide bonds. The number of pyridine rings is 1. The van der Waals surface area contributed by atoms with Crippen molar-refractivity contribution in [2.45, 2.75) is 58.8 Å². The first-order valence-electron chi connectivity index (χ1n) is 13.2. The summed E-state index contributed by atoms with van der Waals surface area (Å²) >= 11 is 1.66. The number of imidazole rings is 1. The lowest BCUT2D eigenvalue weighted by atomic mass is 10.1. The summed E-state index contributed by atoms with van der Waals surface area (Å²) in [6.45, 7) is 8.59. The molecule has 0 saturated carbocycles. The van der Waals surface area contributed by atoms with Crippen LogP contribution in [0.15, 0.2) is 29.5 Å².